The van der Waals surface area contributed by atoms with Crippen molar-refractivity contribution >= 4 is 0 Å². The van der Waals surface area contributed by atoms with Gasteiger partial charge in [-0.05, 0) is 31.5 Å². The van der Waals surface area contributed by atoms with Gasteiger partial charge in [0, 0.05) is 30.7 Å². The molecule has 2 N–H and O–H groups in total. The molecule has 0 radical (unpaired) electrons. The second-order valence-corrected chi connectivity index (χ2v) is 5.19. The van der Waals surface area contributed by atoms with E-state index in [-0.39, 0.29) is 0 Å². The third kappa shape index (κ3) is 2.85. The summed E-state index contributed by atoms with van der Waals surface area (Å²) in [5, 5.41) is 0. The van der Waals surface area contributed by atoms with Gasteiger partial charge in [0.1, 0.15) is 5.82 Å². The van der Waals surface area contributed by atoms with E-state index in [1.165, 1.54) is 6.42 Å². The number of nitrogens with zero attached hydrogens (tertiary/aromatic N) is 3. The summed E-state index contributed by atoms with van der Waals surface area (Å²) in [6, 6.07) is 10.7. The molecule has 3 rings (SSSR count). The molecular weight excluding hydrogens is 236 g/mol. The lowest BCUT2D eigenvalue weighted by molar-refractivity contribution is 0.196. The van der Waals surface area contributed by atoms with Crippen LogP contribution in [-0.2, 0) is 6.54 Å². The van der Waals surface area contributed by atoms with Crippen LogP contribution in [0.2, 0.25) is 0 Å². The number of para-hydroxylation sites is 1. The Bertz CT molecular complexity index is 520. The molecule has 1 aliphatic rings. The quantitative estimate of drug-likeness (QED) is 0.911. The van der Waals surface area contributed by atoms with Gasteiger partial charge < -0.3 is 10.3 Å². The van der Waals surface area contributed by atoms with Crippen LogP contribution in [-0.4, -0.2) is 33.6 Å². The lowest BCUT2D eigenvalue weighted by atomic mass is 10.1. The number of piperidine rings is 1. The molecule has 1 unspecified atom stereocenters. The van der Waals surface area contributed by atoms with Crippen LogP contribution in [0.15, 0.2) is 42.7 Å². The normalized spacial score (nSPS) is 20.6. The van der Waals surface area contributed by atoms with Crippen molar-refractivity contribution in [1.82, 2.24) is 14.5 Å². The van der Waals surface area contributed by atoms with Crippen molar-refractivity contribution < 1.29 is 0 Å². The first-order valence-electron chi connectivity index (χ1n) is 6.88. The minimum absolute atomic E-state index is 0.314. The Morgan fingerprint density at radius 3 is 2.89 bits per heavy atom. The summed E-state index contributed by atoms with van der Waals surface area (Å²) in [7, 11) is 0. The van der Waals surface area contributed by atoms with Crippen LogP contribution in [0.5, 0.6) is 0 Å². The maximum absolute atomic E-state index is 6.03. The summed E-state index contributed by atoms with van der Waals surface area (Å²) in [5.74, 6) is 1.08. The molecule has 1 fully saturated rings. The number of likely N-dealkylation sites (tertiary alicyclic amines) is 1. The monoisotopic (exact) mass is 256 g/mol. The highest BCUT2D eigenvalue weighted by Crippen LogP contribution is 2.15. The number of hydrogen-bond acceptors (Lipinski definition) is 3. The summed E-state index contributed by atoms with van der Waals surface area (Å²) in [5.41, 5.74) is 7.20. The minimum atomic E-state index is 0.314. The zero-order chi connectivity index (χ0) is 13.1. The maximum atomic E-state index is 6.03. The fourth-order valence-electron chi connectivity index (χ4n) is 2.71. The molecule has 1 saturated heterocycles. The number of nitrogens with two attached hydrogens (primary N) is 1. The third-order valence-corrected chi connectivity index (χ3v) is 3.66. The van der Waals surface area contributed by atoms with Gasteiger partial charge in [0.2, 0.25) is 0 Å². The van der Waals surface area contributed by atoms with E-state index in [1.807, 2.05) is 18.5 Å². The molecular formula is C15H20N4. The molecule has 1 aromatic heterocycles. The molecule has 1 aliphatic heterocycles. The predicted octanol–water partition coefficient (Wildman–Crippen LogP) is 1.80. The highest BCUT2D eigenvalue weighted by atomic mass is 15.2. The van der Waals surface area contributed by atoms with E-state index in [9.17, 15) is 0 Å². The molecule has 4 nitrogen and oxygen atoms in total. The molecule has 4 heteroatoms. The Labute approximate surface area is 113 Å². The highest BCUT2D eigenvalue weighted by molar-refractivity contribution is 5.32. The van der Waals surface area contributed by atoms with E-state index >= 15 is 0 Å². The van der Waals surface area contributed by atoms with Gasteiger partial charge in [0.15, 0.2) is 0 Å². The van der Waals surface area contributed by atoms with Gasteiger partial charge in [-0.3, -0.25) is 4.90 Å². The average Bonchev–Trinajstić information content (AvgIpc) is 2.88. The topological polar surface area (TPSA) is 47.1 Å². The fourth-order valence-corrected chi connectivity index (χ4v) is 2.71. The van der Waals surface area contributed by atoms with Gasteiger partial charge in [-0.25, -0.2) is 4.98 Å². The van der Waals surface area contributed by atoms with Gasteiger partial charge in [-0.1, -0.05) is 18.2 Å². The van der Waals surface area contributed by atoms with Crippen LogP contribution in [0.3, 0.4) is 0 Å². The molecule has 0 bridgehead atoms. The molecule has 0 spiro atoms. The Morgan fingerprint density at radius 2 is 2.11 bits per heavy atom. The summed E-state index contributed by atoms with van der Waals surface area (Å²) in [6.07, 6.45) is 6.22. The van der Waals surface area contributed by atoms with Crippen LogP contribution in [0.25, 0.3) is 5.69 Å². The summed E-state index contributed by atoms with van der Waals surface area (Å²) in [6.45, 7) is 2.96. The van der Waals surface area contributed by atoms with Crippen molar-refractivity contribution in [2.24, 2.45) is 5.73 Å². The lowest BCUT2D eigenvalue weighted by Gasteiger charge is -2.30. The van der Waals surface area contributed by atoms with Gasteiger partial charge in [0.05, 0.1) is 6.54 Å². The van der Waals surface area contributed by atoms with E-state index in [4.69, 9.17) is 5.73 Å². The molecule has 2 aromatic rings. The Balaban J connectivity index is 1.77. The molecule has 2 heterocycles. The minimum Gasteiger partial charge on any atom is -0.327 e. The van der Waals surface area contributed by atoms with Crippen molar-refractivity contribution in [1.29, 1.82) is 0 Å². The number of benzene rings is 1. The van der Waals surface area contributed by atoms with Gasteiger partial charge >= 0.3 is 0 Å². The highest BCUT2D eigenvalue weighted by Gasteiger charge is 2.18. The van der Waals surface area contributed by atoms with Crippen molar-refractivity contribution in [3.8, 4) is 5.69 Å². The van der Waals surface area contributed by atoms with E-state index < -0.39 is 0 Å². The number of aromatic nitrogens is 2. The van der Waals surface area contributed by atoms with Crippen LogP contribution in [0, 0.1) is 0 Å². The van der Waals surface area contributed by atoms with Gasteiger partial charge in [-0.2, -0.15) is 0 Å². The van der Waals surface area contributed by atoms with Gasteiger partial charge in [0.25, 0.3) is 0 Å². The Hall–Kier alpha value is -1.65. The standard InChI is InChI=1S/C15H20N4/c16-13-5-4-9-18(11-13)12-15-17-8-10-19(15)14-6-2-1-3-7-14/h1-3,6-8,10,13H,4-5,9,11-12,16H2. The molecule has 1 atom stereocenters. The fraction of sp³-hybridized carbons (Fsp3) is 0.400. The summed E-state index contributed by atoms with van der Waals surface area (Å²) >= 11 is 0. The first kappa shape index (κ1) is 12.4. The predicted molar refractivity (Wildman–Crippen MR) is 76.1 cm³/mol. The number of hydrogen-bond donors (Lipinski definition) is 1. The molecule has 100 valence electrons. The summed E-state index contributed by atoms with van der Waals surface area (Å²) < 4.78 is 2.15. The smallest absolute Gasteiger partial charge is 0.127 e. The number of rotatable bonds is 3. The van der Waals surface area contributed by atoms with Crippen LogP contribution in [0.1, 0.15) is 18.7 Å². The largest absolute Gasteiger partial charge is 0.327 e. The molecule has 0 amide bonds. The second-order valence-electron chi connectivity index (χ2n) is 5.19. The van der Waals surface area contributed by atoms with Crippen molar-refractivity contribution in [2.75, 3.05) is 13.1 Å². The van der Waals surface area contributed by atoms with Crippen LogP contribution in [0.4, 0.5) is 0 Å². The molecule has 0 saturated carbocycles. The van der Waals surface area contributed by atoms with Crippen molar-refractivity contribution in [2.45, 2.75) is 25.4 Å². The van der Waals surface area contributed by atoms with Crippen molar-refractivity contribution in [3.63, 3.8) is 0 Å². The van der Waals surface area contributed by atoms with Crippen LogP contribution >= 0.6 is 0 Å². The van der Waals surface area contributed by atoms with E-state index in [1.54, 1.807) is 0 Å². The number of imidazole rings is 1. The Kier molecular flexibility index (Phi) is 3.62. The van der Waals surface area contributed by atoms with E-state index in [0.717, 1.165) is 37.6 Å². The van der Waals surface area contributed by atoms with Crippen LogP contribution < -0.4 is 5.73 Å². The summed E-state index contributed by atoms with van der Waals surface area (Å²) in [4.78, 5) is 6.89. The maximum Gasteiger partial charge on any atom is 0.127 e. The first-order chi connectivity index (χ1) is 9.33. The second kappa shape index (κ2) is 5.55. The first-order valence-corrected chi connectivity index (χ1v) is 6.88. The molecule has 19 heavy (non-hydrogen) atoms. The third-order valence-electron chi connectivity index (χ3n) is 3.66. The van der Waals surface area contributed by atoms with Crippen molar-refractivity contribution in [3.05, 3.63) is 48.5 Å². The Morgan fingerprint density at radius 1 is 1.26 bits per heavy atom. The zero-order valence-corrected chi connectivity index (χ0v) is 11.1. The SMILES string of the molecule is NC1CCCN(Cc2nccn2-c2ccccc2)C1. The molecule has 1 aromatic carbocycles. The average molecular weight is 256 g/mol. The zero-order valence-electron chi connectivity index (χ0n) is 11.1. The van der Waals surface area contributed by atoms with E-state index in [0.29, 0.717) is 6.04 Å². The van der Waals surface area contributed by atoms with Gasteiger partial charge in [-0.15, -0.1) is 0 Å². The lowest BCUT2D eigenvalue weighted by Crippen LogP contribution is -2.42. The van der Waals surface area contributed by atoms with E-state index in [2.05, 4.69) is 38.7 Å². The molecule has 0 aliphatic carbocycles.